The highest BCUT2D eigenvalue weighted by Gasteiger charge is 2.43. The minimum atomic E-state index is -0.280. The minimum Gasteiger partial charge on any atom is -0.361 e. The van der Waals surface area contributed by atoms with Gasteiger partial charge in [-0.15, -0.1) is 6.58 Å². The van der Waals surface area contributed by atoms with E-state index in [0.717, 1.165) is 44.3 Å². The number of fused-ring (bicyclic) bond motifs is 2. The van der Waals surface area contributed by atoms with Crippen LogP contribution in [0, 0.1) is 5.92 Å². The summed E-state index contributed by atoms with van der Waals surface area (Å²) in [4.78, 5) is 35.9. The van der Waals surface area contributed by atoms with Crippen molar-refractivity contribution in [2.24, 2.45) is 5.92 Å². The molecule has 1 aromatic heterocycles. The molecule has 5 rings (SSSR count). The van der Waals surface area contributed by atoms with Gasteiger partial charge in [0, 0.05) is 55.2 Å². The van der Waals surface area contributed by atoms with Crippen LogP contribution < -0.4 is 5.32 Å². The lowest BCUT2D eigenvalue weighted by Gasteiger charge is -2.47. The van der Waals surface area contributed by atoms with Gasteiger partial charge in [-0.1, -0.05) is 55.5 Å². The predicted molar refractivity (Wildman–Crippen MR) is 168 cm³/mol. The Balaban J connectivity index is 0.000000417. The Labute approximate surface area is 245 Å². The maximum atomic E-state index is 13.7. The van der Waals surface area contributed by atoms with Crippen LogP contribution in [-0.4, -0.2) is 84.5 Å². The second kappa shape index (κ2) is 14.5. The van der Waals surface area contributed by atoms with Crippen molar-refractivity contribution in [1.82, 2.24) is 25.0 Å². The molecule has 0 bridgehead atoms. The van der Waals surface area contributed by atoms with Gasteiger partial charge in [-0.25, -0.2) is 4.79 Å². The molecule has 41 heavy (non-hydrogen) atoms. The van der Waals surface area contributed by atoms with Gasteiger partial charge in [-0.2, -0.15) is 0 Å². The van der Waals surface area contributed by atoms with Crippen LogP contribution in [0.1, 0.15) is 49.3 Å². The number of carbonyl (C=O) groups excluding carboxylic acids is 2. The smallest absolute Gasteiger partial charge is 0.324 e. The lowest BCUT2D eigenvalue weighted by atomic mass is 9.72. The number of aromatic amines is 1. The largest absolute Gasteiger partial charge is 0.361 e. The molecule has 0 spiro atoms. The standard InChI is InChI=1S/C26H37N5O2.C8H10/c1-5-11-30-17-19(25(32)31(26(33)27-6-2)13-8-12-29(3)4)14-21-20-9-7-10-22-24(20)18(16-28-22)15-23(21)30;1-2-8-6-4-3-5-7-8/h5,7,9-10,16,19,21,23,28H,1,6,8,11-15,17H2,2-4H3,(H,27,33);3-7H,2H2,1H3/t19-,21-,23-;/m1./s1. The fourth-order valence-electron chi connectivity index (χ4n) is 6.39. The maximum Gasteiger partial charge on any atom is 0.324 e. The van der Waals surface area contributed by atoms with Crippen LogP contribution in [0.5, 0.6) is 0 Å². The third kappa shape index (κ3) is 7.27. The minimum absolute atomic E-state index is 0.0562. The van der Waals surface area contributed by atoms with E-state index in [2.05, 4.69) is 82.3 Å². The molecule has 7 heteroatoms. The third-order valence-corrected chi connectivity index (χ3v) is 8.37. The number of rotatable bonds is 9. The molecule has 2 N–H and O–H groups in total. The normalized spacial score (nSPS) is 19.7. The fourth-order valence-corrected chi connectivity index (χ4v) is 6.39. The second-order valence-corrected chi connectivity index (χ2v) is 11.5. The average Bonchev–Trinajstić information content (AvgIpc) is 3.40. The molecule has 0 unspecified atom stereocenters. The molecule has 7 nitrogen and oxygen atoms in total. The number of hydrogen-bond donors (Lipinski definition) is 2. The highest BCUT2D eigenvalue weighted by atomic mass is 16.2. The van der Waals surface area contributed by atoms with Crippen molar-refractivity contribution in [2.45, 2.75) is 51.5 Å². The van der Waals surface area contributed by atoms with E-state index >= 15 is 0 Å². The van der Waals surface area contributed by atoms with Crippen molar-refractivity contribution < 1.29 is 9.59 Å². The lowest BCUT2D eigenvalue weighted by Crippen LogP contribution is -2.55. The number of likely N-dealkylation sites (tertiary alicyclic amines) is 1. The second-order valence-electron chi connectivity index (χ2n) is 11.5. The summed E-state index contributed by atoms with van der Waals surface area (Å²) in [6, 6.07) is 17.0. The zero-order valence-electron chi connectivity index (χ0n) is 25.2. The molecule has 2 aliphatic rings. The number of nitrogens with one attached hydrogen (secondary N) is 2. The number of aryl methyl sites for hydroxylation is 1. The summed E-state index contributed by atoms with van der Waals surface area (Å²) in [5.41, 5.74) is 5.25. The topological polar surface area (TPSA) is 71.7 Å². The number of hydrogen-bond acceptors (Lipinski definition) is 4. The molecule has 2 heterocycles. The molecular formula is C34H47N5O2. The SMILES string of the molecule is C=CCN1C[C@H](C(=O)N(CCCN(C)C)C(=O)NCC)C[C@@H]2c3cccc4[nH]cc(c34)C[C@H]21.CCc1ccccc1. The van der Waals surface area contributed by atoms with Crippen molar-refractivity contribution >= 4 is 22.8 Å². The van der Waals surface area contributed by atoms with Crippen molar-refractivity contribution in [3.8, 4) is 0 Å². The summed E-state index contributed by atoms with van der Waals surface area (Å²) in [6.07, 6.45) is 7.70. The molecular weight excluding hydrogens is 510 g/mol. The Morgan fingerprint density at radius 2 is 1.88 bits per heavy atom. The van der Waals surface area contributed by atoms with Gasteiger partial charge in [0.1, 0.15) is 0 Å². The summed E-state index contributed by atoms with van der Waals surface area (Å²) >= 11 is 0. The number of urea groups is 1. The number of benzene rings is 2. The Kier molecular flexibility index (Phi) is 10.8. The number of nitrogens with zero attached hydrogens (tertiary/aromatic N) is 3. The predicted octanol–water partition coefficient (Wildman–Crippen LogP) is 5.44. The molecule has 3 amide bonds. The zero-order chi connectivity index (χ0) is 29.4. The van der Waals surface area contributed by atoms with Gasteiger partial charge >= 0.3 is 6.03 Å². The zero-order valence-corrected chi connectivity index (χ0v) is 25.2. The molecule has 1 fully saturated rings. The summed E-state index contributed by atoms with van der Waals surface area (Å²) < 4.78 is 0. The number of imide groups is 1. The van der Waals surface area contributed by atoms with Crippen molar-refractivity contribution in [3.63, 3.8) is 0 Å². The van der Waals surface area contributed by atoms with Gasteiger partial charge in [0.25, 0.3) is 0 Å². The molecule has 3 aromatic rings. The van der Waals surface area contributed by atoms with E-state index in [1.807, 2.05) is 33.2 Å². The first-order valence-corrected chi connectivity index (χ1v) is 15.1. The van der Waals surface area contributed by atoms with Gasteiger partial charge < -0.3 is 15.2 Å². The Bertz CT molecular complexity index is 1300. The van der Waals surface area contributed by atoms with Gasteiger partial charge in [0.15, 0.2) is 0 Å². The van der Waals surface area contributed by atoms with Crippen LogP contribution in [0.15, 0.2) is 67.4 Å². The van der Waals surface area contributed by atoms with E-state index in [-0.39, 0.29) is 23.8 Å². The summed E-state index contributed by atoms with van der Waals surface area (Å²) in [5, 5.41) is 4.16. The number of carbonyl (C=O) groups is 2. The van der Waals surface area contributed by atoms with Crippen molar-refractivity contribution in [1.29, 1.82) is 0 Å². The van der Waals surface area contributed by atoms with Crippen LogP contribution in [0.25, 0.3) is 10.9 Å². The third-order valence-electron chi connectivity index (χ3n) is 8.37. The molecule has 1 saturated heterocycles. The lowest BCUT2D eigenvalue weighted by molar-refractivity contribution is -0.135. The number of aromatic nitrogens is 1. The Hall–Kier alpha value is -3.42. The van der Waals surface area contributed by atoms with E-state index in [1.54, 1.807) is 0 Å². The number of amides is 3. The fraction of sp³-hybridized carbons (Fsp3) is 0.471. The van der Waals surface area contributed by atoms with Crippen LogP contribution in [0.4, 0.5) is 4.79 Å². The quantitative estimate of drug-likeness (QED) is 0.344. The monoisotopic (exact) mass is 557 g/mol. The molecule has 0 saturated carbocycles. The van der Waals surface area contributed by atoms with E-state index in [1.165, 1.54) is 27.0 Å². The van der Waals surface area contributed by atoms with Crippen molar-refractivity contribution in [2.75, 3.05) is 46.8 Å². The molecule has 1 aliphatic heterocycles. The first kappa shape index (κ1) is 30.5. The van der Waals surface area contributed by atoms with Crippen molar-refractivity contribution in [3.05, 3.63) is 84.1 Å². The first-order chi connectivity index (χ1) is 19.9. The van der Waals surface area contributed by atoms with Gasteiger partial charge in [0.05, 0.1) is 5.92 Å². The molecule has 1 aliphatic carbocycles. The summed E-state index contributed by atoms with van der Waals surface area (Å²) in [6.45, 7) is 11.2. The number of H-pyrrole nitrogens is 1. The van der Waals surface area contributed by atoms with Crippen LogP contribution in [-0.2, 0) is 17.6 Å². The molecule has 0 radical (unpaired) electrons. The van der Waals surface area contributed by atoms with E-state index in [0.29, 0.717) is 25.7 Å². The average molecular weight is 558 g/mol. The Morgan fingerprint density at radius 1 is 1.10 bits per heavy atom. The van der Waals surface area contributed by atoms with Gasteiger partial charge in [-0.05, 0) is 76.0 Å². The molecule has 220 valence electrons. The Morgan fingerprint density at radius 3 is 2.54 bits per heavy atom. The van der Waals surface area contributed by atoms with Crippen LogP contribution >= 0.6 is 0 Å². The molecule has 2 aromatic carbocycles. The highest BCUT2D eigenvalue weighted by Crippen LogP contribution is 2.45. The van der Waals surface area contributed by atoms with Crippen LogP contribution in [0.3, 0.4) is 0 Å². The first-order valence-electron chi connectivity index (χ1n) is 15.1. The summed E-state index contributed by atoms with van der Waals surface area (Å²) in [5.74, 6) is -0.0133. The summed E-state index contributed by atoms with van der Waals surface area (Å²) in [7, 11) is 4.01. The van der Waals surface area contributed by atoms with E-state index < -0.39 is 0 Å². The van der Waals surface area contributed by atoms with Gasteiger partial charge in [-0.3, -0.25) is 14.6 Å². The van der Waals surface area contributed by atoms with E-state index in [9.17, 15) is 9.59 Å². The number of piperidine rings is 1. The maximum absolute atomic E-state index is 13.7. The van der Waals surface area contributed by atoms with Gasteiger partial charge in [0.2, 0.25) is 5.91 Å². The molecule has 3 atom stereocenters. The highest BCUT2D eigenvalue weighted by molar-refractivity contribution is 5.96. The van der Waals surface area contributed by atoms with E-state index in [4.69, 9.17) is 0 Å². The van der Waals surface area contributed by atoms with Crippen LogP contribution in [0.2, 0.25) is 0 Å².